The van der Waals surface area contributed by atoms with Crippen molar-refractivity contribution in [3.63, 3.8) is 0 Å². The molecule has 0 aromatic heterocycles. The Hall–Kier alpha value is -0.340. The van der Waals surface area contributed by atoms with E-state index >= 15 is 0 Å². The Kier molecular flexibility index (Phi) is 5.02. The van der Waals surface area contributed by atoms with E-state index in [-0.39, 0.29) is 11.5 Å². The molecule has 2 N–H and O–H groups in total. The Labute approximate surface area is 197 Å². The predicted molar refractivity (Wildman–Crippen MR) is 132 cm³/mol. The molecule has 0 radical (unpaired) electrons. The van der Waals surface area contributed by atoms with Gasteiger partial charge in [0.05, 0.1) is 11.7 Å². The lowest BCUT2D eigenvalue weighted by Crippen LogP contribution is -2.57. The zero-order chi connectivity index (χ0) is 23.4. The summed E-state index contributed by atoms with van der Waals surface area (Å²) in [6, 6.07) is 0. The summed E-state index contributed by atoms with van der Waals surface area (Å²) in [6.07, 6.45) is 17.4. The number of fused-ring (bicyclic) bond motifs is 2. The smallest absolute Gasteiger partial charge is 0.0771 e. The highest BCUT2D eigenvalue weighted by molar-refractivity contribution is 5.30. The lowest BCUT2D eigenvalue weighted by molar-refractivity contribution is -0.161. The highest BCUT2D eigenvalue weighted by atomic mass is 16.3. The Morgan fingerprint density at radius 1 is 0.875 bits per heavy atom. The number of rotatable bonds is 4. The standard InChI is InChI=1S/C30H50O2/c1-20(9-8-14-25(2,3)32)21-12-15-28(7)23-11-10-22-26(4,5)24(31)13-16-29(22)19-30(23,29)18-17-27(21,28)6/h8,14,20-24,31-32H,9-13,15-19H2,1-7H3/b14-8+/t20-,21-,22+,23-,24+,27-,28+,29-,30+/m1/s1. The van der Waals surface area contributed by atoms with E-state index in [1.165, 1.54) is 51.4 Å². The quantitative estimate of drug-likeness (QED) is 0.454. The lowest BCUT2D eigenvalue weighted by Gasteiger charge is -2.63. The summed E-state index contributed by atoms with van der Waals surface area (Å²) < 4.78 is 0. The van der Waals surface area contributed by atoms with Crippen LogP contribution in [0.1, 0.15) is 113 Å². The Balaban J connectivity index is 1.40. The van der Waals surface area contributed by atoms with E-state index in [1.807, 2.05) is 19.9 Å². The van der Waals surface area contributed by atoms with Crippen LogP contribution in [0.3, 0.4) is 0 Å². The Morgan fingerprint density at radius 2 is 1.53 bits per heavy atom. The summed E-state index contributed by atoms with van der Waals surface area (Å²) in [4.78, 5) is 0. The van der Waals surface area contributed by atoms with Gasteiger partial charge in [-0.15, -0.1) is 0 Å². The van der Waals surface area contributed by atoms with Crippen LogP contribution in [0.25, 0.3) is 0 Å². The fourth-order valence-electron chi connectivity index (χ4n) is 11.0. The minimum absolute atomic E-state index is 0.0912. The molecule has 5 aliphatic rings. The van der Waals surface area contributed by atoms with E-state index in [0.717, 1.165) is 30.6 Å². The molecule has 0 bridgehead atoms. The maximum absolute atomic E-state index is 10.8. The average Bonchev–Trinajstić information content (AvgIpc) is 3.27. The molecule has 182 valence electrons. The Bertz CT molecular complexity index is 791. The number of hydrogen-bond donors (Lipinski definition) is 2. The van der Waals surface area contributed by atoms with Crippen molar-refractivity contribution in [3.8, 4) is 0 Å². The van der Waals surface area contributed by atoms with Crippen LogP contribution in [-0.4, -0.2) is 21.9 Å². The van der Waals surface area contributed by atoms with Crippen LogP contribution in [0.4, 0.5) is 0 Å². The van der Waals surface area contributed by atoms with Crippen LogP contribution >= 0.6 is 0 Å². The van der Waals surface area contributed by atoms with Crippen LogP contribution in [0, 0.1) is 50.7 Å². The first-order valence-corrected chi connectivity index (χ1v) is 13.8. The van der Waals surface area contributed by atoms with Gasteiger partial charge in [-0.2, -0.15) is 0 Å². The topological polar surface area (TPSA) is 40.5 Å². The van der Waals surface area contributed by atoms with E-state index in [9.17, 15) is 10.2 Å². The molecule has 2 spiro atoms. The minimum Gasteiger partial charge on any atom is -0.393 e. The molecule has 0 unspecified atom stereocenters. The van der Waals surface area contributed by atoms with Crippen molar-refractivity contribution in [2.75, 3.05) is 0 Å². The molecule has 5 saturated carbocycles. The van der Waals surface area contributed by atoms with Crippen molar-refractivity contribution in [1.29, 1.82) is 0 Å². The van der Waals surface area contributed by atoms with Gasteiger partial charge in [0.1, 0.15) is 0 Å². The SMILES string of the molecule is C[C@H](C/C=C/C(C)(C)O)[C@H]1CC[C@@]2(C)[C@H]3CC[C@H]4C(C)(C)[C@@H](O)CC[C@@]45C[C@@]35CC[C@]12C. The molecule has 0 heterocycles. The molecule has 2 heteroatoms. The first kappa shape index (κ1) is 23.4. The van der Waals surface area contributed by atoms with E-state index in [4.69, 9.17) is 0 Å². The number of aliphatic hydroxyl groups excluding tert-OH is 1. The van der Waals surface area contributed by atoms with E-state index < -0.39 is 5.60 Å². The number of aliphatic hydroxyl groups is 2. The van der Waals surface area contributed by atoms with Gasteiger partial charge in [-0.1, -0.05) is 46.8 Å². The van der Waals surface area contributed by atoms with Crippen LogP contribution in [0.15, 0.2) is 12.2 Å². The van der Waals surface area contributed by atoms with Gasteiger partial charge in [0, 0.05) is 0 Å². The van der Waals surface area contributed by atoms with Crippen LogP contribution in [-0.2, 0) is 0 Å². The summed E-state index contributed by atoms with van der Waals surface area (Å²) >= 11 is 0. The van der Waals surface area contributed by atoms with Crippen molar-refractivity contribution >= 4 is 0 Å². The minimum atomic E-state index is -0.703. The third kappa shape index (κ3) is 2.84. The van der Waals surface area contributed by atoms with Crippen molar-refractivity contribution in [1.82, 2.24) is 0 Å². The van der Waals surface area contributed by atoms with Crippen LogP contribution < -0.4 is 0 Å². The second kappa shape index (κ2) is 6.87. The lowest BCUT2D eigenvalue weighted by atomic mass is 9.42. The summed E-state index contributed by atoms with van der Waals surface area (Å²) in [7, 11) is 0. The molecule has 0 saturated heterocycles. The maximum Gasteiger partial charge on any atom is 0.0771 e. The van der Waals surface area contributed by atoms with Crippen molar-refractivity contribution in [3.05, 3.63) is 12.2 Å². The van der Waals surface area contributed by atoms with E-state index in [0.29, 0.717) is 27.6 Å². The highest BCUT2D eigenvalue weighted by Crippen LogP contribution is 2.89. The number of hydrogen-bond acceptors (Lipinski definition) is 2. The molecule has 9 atom stereocenters. The molecule has 5 aliphatic carbocycles. The molecular formula is C30H50O2. The molecule has 0 aliphatic heterocycles. The van der Waals surface area contributed by atoms with Crippen molar-refractivity contribution in [2.24, 2.45) is 50.7 Å². The largest absolute Gasteiger partial charge is 0.393 e. The first-order chi connectivity index (χ1) is 14.7. The molecule has 5 fully saturated rings. The predicted octanol–water partition coefficient (Wildman–Crippen LogP) is 7.14. The third-order valence-corrected chi connectivity index (χ3v) is 12.9. The van der Waals surface area contributed by atoms with Crippen molar-refractivity contribution in [2.45, 2.75) is 124 Å². The zero-order valence-corrected chi connectivity index (χ0v) is 22.0. The second-order valence-electron chi connectivity index (χ2n) is 14.8. The van der Waals surface area contributed by atoms with E-state index in [1.54, 1.807) is 0 Å². The summed E-state index contributed by atoms with van der Waals surface area (Å²) in [6.45, 7) is 16.3. The molecular weight excluding hydrogens is 392 g/mol. The van der Waals surface area contributed by atoms with Crippen LogP contribution in [0.2, 0.25) is 0 Å². The summed E-state index contributed by atoms with van der Waals surface area (Å²) in [5.41, 5.74) is 1.44. The normalized spacial score (nSPS) is 52.7. The fraction of sp³-hybridized carbons (Fsp3) is 0.933. The molecule has 0 aromatic carbocycles. The third-order valence-electron chi connectivity index (χ3n) is 12.9. The van der Waals surface area contributed by atoms with Gasteiger partial charge in [0.25, 0.3) is 0 Å². The van der Waals surface area contributed by atoms with Crippen molar-refractivity contribution < 1.29 is 10.2 Å². The maximum atomic E-state index is 10.8. The zero-order valence-electron chi connectivity index (χ0n) is 22.0. The monoisotopic (exact) mass is 442 g/mol. The van der Waals surface area contributed by atoms with Gasteiger partial charge in [-0.3, -0.25) is 0 Å². The average molecular weight is 443 g/mol. The highest BCUT2D eigenvalue weighted by Gasteiger charge is 2.82. The van der Waals surface area contributed by atoms with Gasteiger partial charge in [-0.05, 0) is 129 Å². The van der Waals surface area contributed by atoms with Crippen LogP contribution in [0.5, 0.6) is 0 Å². The molecule has 2 nitrogen and oxygen atoms in total. The van der Waals surface area contributed by atoms with E-state index in [2.05, 4.69) is 40.7 Å². The van der Waals surface area contributed by atoms with Gasteiger partial charge >= 0.3 is 0 Å². The molecule has 0 aromatic rings. The summed E-state index contributed by atoms with van der Waals surface area (Å²) in [5, 5.41) is 20.9. The van der Waals surface area contributed by atoms with Gasteiger partial charge in [0.2, 0.25) is 0 Å². The fourth-order valence-corrected chi connectivity index (χ4v) is 11.0. The van der Waals surface area contributed by atoms with Gasteiger partial charge in [0.15, 0.2) is 0 Å². The summed E-state index contributed by atoms with van der Waals surface area (Å²) in [5.74, 6) is 3.10. The first-order valence-electron chi connectivity index (χ1n) is 13.8. The molecule has 5 rings (SSSR count). The van der Waals surface area contributed by atoms with Gasteiger partial charge < -0.3 is 10.2 Å². The Morgan fingerprint density at radius 3 is 2.22 bits per heavy atom. The molecule has 32 heavy (non-hydrogen) atoms. The molecule has 0 amide bonds. The number of allylic oxidation sites excluding steroid dienone is 1. The van der Waals surface area contributed by atoms with Gasteiger partial charge in [-0.25, -0.2) is 0 Å². The second-order valence-corrected chi connectivity index (χ2v) is 14.8.